The highest BCUT2D eigenvalue weighted by Crippen LogP contribution is 2.09. The average Bonchev–Trinajstić information content (AvgIpc) is 2.48. The minimum Gasteiger partial charge on any atom is -0.296 e. The second-order valence-corrected chi connectivity index (χ2v) is 4.54. The van der Waals surface area contributed by atoms with Crippen molar-refractivity contribution < 1.29 is 0 Å². The molecule has 0 radical (unpaired) electrons. The predicted molar refractivity (Wildman–Crippen MR) is 56.6 cm³/mol. The van der Waals surface area contributed by atoms with Gasteiger partial charge in [-0.2, -0.15) is 0 Å². The summed E-state index contributed by atoms with van der Waals surface area (Å²) in [5.74, 6) is 2.68. The van der Waals surface area contributed by atoms with Crippen LogP contribution >= 0.6 is 11.3 Å². The van der Waals surface area contributed by atoms with Crippen molar-refractivity contribution in [1.29, 1.82) is 0 Å². The van der Waals surface area contributed by atoms with Gasteiger partial charge in [0.25, 0.3) is 0 Å². The van der Waals surface area contributed by atoms with Crippen molar-refractivity contribution in [3.05, 3.63) is 16.1 Å². The Bertz CT molecular complexity index is 320. The van der Waals surface area contributed by atoms with E-state index in [0.717, 1.165) is 17.2 Å². The lowest BCUT2D eigenvalue weighted by atomic mass is 10.1. The molecule has 0 amide bonds. The first-order valence-corrected chi connectivity index (χ1v) is 5.05. The maximum atomic E-state index is 5.35. The molecular weight excluding hydrogens is 180 g/mol. The van der Waals surface area contributed by atoms with Gasteiger partial charge < -0.3 is 0 Å². The van der Waals surface area contributed by atoms with Gasteiger partial charge in [-0.15, -0.1) is 17.8 Å². The summed E-state index contributed by atoms with van der Waals surface area (Å²) in [6.45, 7) is 6.69. The third-order valence-corrected chi connectivity index (χ3v) is 2.56. The van der Waals surface area contributed by atoms with Crippen LogP contribution in [0, 0.1) is 19.3 Å². The second-order valence-electron chi connectivity index (χ2n) is 3.48. The fraction of sp³-hybridized carbons (Fsp3) is 0.500. The highest BCUT2D eigenvalue weighted by molar-refractivity contribution is 7.09. The van der Waals surface area contributed by atoms with Crippen LogP contribution in [0.15, 0.2) is 5.38 Å². The van der Waals surface area contributed by atoms with Crippen molar-refractivity contribution in [2.45, 2.75) is 32.9 Å². The Hall–Kier alpha value is -0.850. The van der Waals surface area contributed by atoms with Gasteiger partial charge in [-0.05, 0) is 20.8 Å². The molecule has 2 nitrogen and oxygen atoms in total. The zero-order valence-corrected chi connectivity index (χ0v) is 9.03. The molecule has 0 fully saturated rings. The molecule has 13 heavy (non-hydrogen) atoms. The van der Waals surface area contributed by atoms with E-state index in [2.05, 4.69) is 21.6 Å². The van der Waals surface area contributed by atoms with Gasteiger partial charge in [-0.3, -0.25) is 5.32 Å². The Morgan fingerprint density at radius 3 is 2.85 bits per heavy atom. The summed E-state index contributed by atoms with van der Waals surface area (Å²) in [7, 11) is 0. The van der Waals surface area contributed by atoms with E-state index in [9.17, 15) is 0 Å². The average molecular weight is 194 g/mol. The van der Waals surface area contributed by atoms with Crippen LogP contribution in [0.5, 0.6) is 0 Å². The highest BCUT2D eigenvalue weighted by Gasteiger charge is 2.12. The lowest BCUT2D eigenvalue weighted by molar-refractivity contribution is 0.487. The van der Waals surface area contributed by atoms with Gasteiger partial charge >= 0.3 is 0 Å². The molecule has 1 rings (SSSR count). The van der Waals surface area contributed by atoms with E-state index in [-0.39, 0.29) is 5.54 Å². The summed E-state index contributed by atoms with van der Waals surface area (Å²) < 4.78 is 0. The number of terminal acetylenes is 1. The fourth-order valence-electron chi connectivity index (χ4n) is 0.852. The number of thiazole rings is 1. The number of hydrogen-bond donors (Lipinski definition) is 1. The van der Waals surface area contributed by atoms with E-state index in [0.29, 0.717) is 0 Å². The largest absolute Gasteiger partial charge is 0.296 e. The Kier molecular flexibility index (Phi) is 3.07. The van der Waals surface area contributed by atoms with E-state index in [1.54, 1.807) is 11.3 Å². The molecule has 1 N–H and O–H groups in total. The summed E-state index contributed by atoms with van der Waals surface area (Å²) in [6, 6.07) is 0. The lowest BCUT2D eigenvalue weighted by Gasteiger charge is -2.18. The molecule has 0 aliphatic heterocycles. The Morgan fingerprint density at radius 1 is 1.69 bits per heavy atom. The summed E-state index contributed by atoms with van der Waals surface area (Å²) >= 11 is 1.66. The van der Waals surface area contributed by atoms with Crippen LogP contribution in [0.4, 0.5) is 0 Å². The fourth-order valence-corrected chi connectivity index (χ4v) is 1.46. The number of nitrogens with one attached hydrogen (secondary N) is 1. The molecule has 0 spiro atoms. The summed E-state index contributed by atoms with van der Waals surface area (Å²) in [5, 5.41) is 6.39. The maximum absolute atomic E-state index is 5.35. The quantitative estimate of drug-likeness (QED) is 0.744. The molecule has 0 saturated carbocycles. The Balaban J connectivity index is 2.49. The van der Waals surface area contributed by atoms with Gasteiger partial charge in [-0.25, -0.2) is 4.98 Å². The second kappa shape index (κ2) is 3.91. The van der Waals surface area contributed by atoms with Crippen molar-refractivity contribution in [3.63, 3.8) is 0 Å². The van der Waals surface area contributed by atoms with Gasteiger partial charge in [-0.1, -0.05) is 5.92 Å². The summed E-state index contributed by atoms with van der Waals surface area (Å²) in [6.07, 6.45) is 5.35. The monoisotopic (exact) mass is 194 g/mol. The first kappa shape index (κ1) is 10.2. The van der Waals surface area contributed by atoms with Gasteiger partial charge in [0.2, 0.25) is 0 Å². The normalized spacial score (nSPS) is 11.2. The van der Waals surface area contributed by atoms with E-state index >= 15 is 0 Å². The number of rotatable bonds is 3. The molecule has 0 bridgehead atoms. The smallest absolute Gasteiger partial charge is 0.0897 e. The van der Waals surface area contributed by atoms with Crippen LogP contribution in [0.3, 0.4) is 0 Å². The van der Waals surface area contributed by atoms with Crippen LogP contribution in [-0.2, 0) is 6.54 Å². The molecule has 0 aromatic carbocycles. The Labute approximate surface area is 83.4 Å². The first-order valence-electron chi connectivity index (χ1n) is 4.17. The molecule has 0 atom stereocenters. The minimum atomic E-state index is -0.252. The highest BCUT2D eigenvalue weighted by atomic mass is 32.1. The number of aromatic nitrogens is 1. The van der Waals surface area contributed by atoms with Gasteiger partial charge in [0.1, 0.15) is 0 Å². The van der Waals surface area contributed by atoms with Crippen LogP contribution in [0.2, 0.25) is 0 Å². The van der Waals surface area contributed by atoms with Crippen LogP contribution in [-0.4, -0.2) is 10.5 Å². The minimum absolute atomic E-state index is 0.252. The van der Waals surface area contributed by atoms with E-state index in [1.165, 1.54) is 0 Å². The van der Waals surface area contributed by atoms with Gasteiger partial charge in [0, 0.05) is 11.9 Å². The predicted octanol–water partition coefficient (Wildman–Crippen LogP) is 1.95. The first-order chi connectivity index (χ1) is 6.03. The third kappa shape index (κ3) is 3.17. The molecule has 0 unspecified atom stereocenters. The summed E-state index contributed by atoms with van der Waals surface area (Å²) in [4.78, 5) is 4.34. The molecule has 0 saturated heterocycles. The van der Waals surface area contributed by atoms with E-state index in [4.69, 9.17) is 6.42 Å². The topological polar surface area (TPSA) is 24.9 Å². The van der Waals surface area contributed by atoms with Crippen molar-refractivity contribution >= 4 is 11.3 Å². The van der Waals surface area contributed by atoms with Crippen LogP contribution in [0.1, 0.15) is 24.5 Å². The zero-order valence-electron chi connectivity index (χ0n) is 8.22. The molecule has 3 heteroatoms. The van der Waals surface area contributed by atoms with Crippen molar-refractivity contribution in [2.24, 2.45) is 0 Å². The third-order valence-electron chi connectivity index (χ3n) is 1.74. The standard InChI is InChI=1S/C10H14N2S/c1-5-10(3,4)11-6-9-7-13-8(2)12-9/h1,7,11H,6H2,2-4H3. The molecule has 1 aromatic heterocycles. The maximum Gasteiger partial charge on any atom is 0.0897 e. The SMILES string of the molecule is C#CC(C)(C)NCc1csc(C)n1. The zero-order chi connectivity index (χ0) is 9.90. The number of aryl methyl sites for hydroxylation is 1. The van der Waals surface area contributed by atoms with Gasteiger partial charge in [0.15, 0.2) is 0 Å². The number of nitrogens with zero attached hydrogens (tertiary/aromatic N) is 1. The molecule has 1 heterocycles. The van der Waals surface area contributed by atoms with Crippen molar-refractivity contribution in [2.75, 3.05) is 0 Å². The Morgan fingerprint density at radius 2 is 2.38 bits per heavy atom. The molecule has 0 aliphatic carbocycles. The lowest BCUT2D eigenvalue weighted by Crippen LogP contribution is -2.36. The van der Waals surface area contributed by atoms with Crippen LogP contribution < -0.4 is 5.32 Å². The van der Waals surface area contributed by atoms with E-state index in [1.807, 2.05) is 20.8 Å². The van der Waals surface area contributed by atoms with Crippen molar-refractivity contribution in [3.8, 4) is 12.3 Å². The van der Waals surface area contributed by atoms with E-state index < -0.39 is 0 Å². The summed E-state index contributed by atoms with van der Waals surface area (Å²) in [5.41, 5.74) is 0.808. The van der Waals surface area contributed by atoms with Gasteiger partial charge in [0.05, 0.1) is 16.2 Å². The number of hydrogen-bond acceptors (Lipinski definition) is 3. The molecule has 1 aromatic rings. The molecular formula is C10H14N2S. The molecule has 0 aliphatic rings. The van der Waals surface area contributed by atoms with Crippen LogP contribution in [0.25, 0.3) is 0 Å². The van der Waals surface area contributed by atoms with Crippen molar-refractivity contribution in [1.82, 2.24) is 10.3 Å². The molecule has 70 valence electrons.